The molecule has 1 heterocycles. The van der Waals surface area contributed by atoms with E-state index in [2.05, 4.69) is 69.2 Å². The van der Waals surface area contributed by atoms with Gasteiger partial charge in [0.1, 0.15) is 0 Å². The van der Waals surface area contributed by atoms with Crippen LogP contribution in [0, 0.1) is 3.83 Å². The third kappa shape index (κ3) is 3.52. The van der Waals surface area contributed by atoms with Crippen LogP contribution >= 0.6 is 34.4 Å². The van der Waals surface area contributed by atoms with Gasteiger partial charge in [0.2, 0.25) is 0 Å². The highest BCUT2D eigenvalue weighted by Crippen LogP contribution is 2.43. The first-order chi connectivity index (χ1) is 12.1. The Hall–Kier alpha value is -1.61. The summed E-state index contributed by atoms with van der Waals surface area (Å²) in [5.74, 6) is -0.166. The summed E-state index contributed by atoms with van der Waals surface area (Å²) in [4.78, 5) is 10.9. The average molecular weight is 465 g/mol. The molecule has 128 valence electrons. The maximum absolute atomic E-state index is 10.9. The van der Waals surface area contributed by atoms with Gasteiger partial charge >= 0.3 is 5.97 Å². The number of nitrogens with zero attached hydrogens (tertiary/aromatic N) is 3. The molecule has 7 heteroatoms. The van der Waals surface area contributed by atoms with Gasteiger partial charge in [0.05, 0.1) is 12.3 Å². The van der Waals surface area contributed by atoms with Crippen LogP contribution in [0.1, 0.15) is 29.9 Å². The predicted molar refractivity (Wildman–Crippen MR) is 106 cm³/mol. The monoisotopic (exact) mass is 465 g/mol. The SMILES string of the molecule is O=C(O)CSc1nnc(I)n1Cc1ccc(C2CC2)c2ccccc12. The molecule has 1 fully saturated rings. The fourth-order valence-corrected chi connectivity index (χ4v) is 4.41. The Morgan fingerprint density at radius 3 is 2.68 bits per heavy atom. The van der Waals surface area contributed by atoms with E-state index in [4.69, 9.17) is 5.11 Å². The van der Waals surface area contributed by atoms with Crippen LogP contribution in [0.3, 0.4) is 0 Å². The van der Waals surface area contributed by atoms with Crippen molar-refractivity contribution in [2.45, 2.75) is 30.5 Å². The second-order valence-electron chi connectivity index (χ2n) is 6.15. The zero-order valence-electron chi connectivity index (χ0n) is 13.4. The molecule has 4 rings (SSSR count). The summed E-state index contributed by atoms with van der Waals surface area (Å²) >= 11 is 3.35. The summed E-state index contributed by atoms with van der Waals surface area (Å²) in [6.45, 7) is 0.638. The standard InChI is InChI=1S/C18H16IN3O2S/c19-17-20-21-18(25-10-16(23)24)22(17)9-12-7-8-14(11-5-6-11)15-4-2-1-3-13(12)15/h1-4,7-8,11H,5-6,9-10H2,(H,23,24). The van der Waals surface area contributed by atoms with Crippen LogP contribution in [0.4, 0.5) is 0 Å². The number of carbonyl (C=O) groups is 1. The molecule has 1 saturated carbocycles. The molecule has 1 aliphatic carbocycles. The molecular weight excluding hydrogens is 449 g/mol. The van der Waals surface area contributed by atoms with Crippen molar-refractivity contribution >= 4 is 51.1 Å². The van der Waals surface area contributed by atoms with E-state index >= 15 is 0 Å². The lowest BCUT2D eigenvalue weighted by molar-refractivity contribution is -0.133. The lowest BCUT2D eigenvalue weighted by atomic mass is 9.97. The fourth-order valence-electron chi connectivity index (χ4n) is 3.08. The lowest BCUT2D eigenvalue weighted by Crippen LogP contribution is -2.07. The Morgan fingerprint density at radius 1 is 1.20 bits per heavy atom. The Morgan fingerprint density at radius 2 is 1.96 bits per heavy atom. The largest absolute Gasteiger partial charge is 0.481 e. The molecule has 0 unspecified atom stereocenters. The molecule has 0 atom stereocenters. The number of carboxylic acid groups (broad SMARTS) is 1. The number of hydrogen-bond acceptors (Lipinski definition) is 4. The highest BCUT2D eigenvalue weighted by molar-refractivity contribution is 14.1. The van der Waals surface area contributed by atoms with Crippen LogP contribution in [-0.4, -0.2) is 31.6 Å². The van der Waals surface area contributed by atoms with Crippen molar-refractivity contribution in [3.8, 4) is 0 Å². The predicted octanol–water partition coefficient (Wildman–Crippen LogP) is 4.14. The molecule has 0 bridgehead atoms. The van der Waals surface area contributed by atoms with Crippen LogP contribution in [0.15, 0.2) is 41.6 Å². The summed E-state index contributed by atoms with van der Waals surface area (Å²) < 4.78 is 2.74. The first kappa shape index (κ1) is 16.8. The van der Waals surface area contributed by atoms with E-state index in [1.165, 1.54) is 46.5 Å². The van der Waals surface area contributed by atoms with Crippen LogP contribution in [0.5, 0.6) is 0 Å². The second kappa shape index (κ2) is 6.95. The van der Waals surface area contributed by atoms with Gasteiger partial charge in [-0.3, -0.25) is 9.36 Å². The third-order valence-electron chi connectivity index (χ3n) is 4.39. The summed E-state index contributed by atoms with van der Waals surface area (Å²) in [5.41, 5.74) is 2.65. The zero-order valence-corrected chi connectivity index (χ0v) is 16.3. The van der Waals surface area contributed by atoms with Gasteiger partial charge in [-0.05, 0) is 40.7 Å². The van der Waals surface area contributed by atoms with Crippen molar-refractivity contribution in [1.29, 1.82) is 0 Å². The first-order valence-corrected chi connectivity index (χ1v) is 10.1. The van der Waals surface area contributed by atoms with E-state index in [-0.39, 0.29) is 5.75 Å². The highest BCUT2D eigenvalue weighted by Gasteiger charge is 2.25. The van der Waals surface area contributed by atoms with Gasteiger partial charge in [0.15, 0.2) is 8.99 Å². The van der Waals surface area contributed by atoms with E-state index in [1.54, 1.807) is 0 Å². The van der Waals surface area contributed by atoms with Gasteiger partial charge in [-0.25, -0.2) is 0 Å². The maximum atomic E-state index is 10.9. The van der Waals surface area contributed by atoms with Crippen molar-refractivity contribution < 1.29 is 9.90 Å². The van der Waals surface area contributed by atoms with Crippen molar-refractivity contribution in [2.24, 2.45) is 0 Å². The van der Waals surface area contributed by atoms with Gasteiger partial charge in [-0.15, -0.1) is 10.2 Å². The van der Waals surface area contributed by atoms with Crippen LogP contribution < -0.4 is 0 Å². The molecule has 0 amide bonds. The molecule has 0 radical (unpaired) electrons. The molecular formula is C18H16IN3O2S. The Balaban J connectivity index is 1.71. The Labute approximate surface area is 163 Å². The number of rotatable bonds is 6. The van der Waals surface area contributed by atoms with Crippen molar-refractivity contribution in [3.63, 3.8) is 0 Å². The van der Waals surface area contributed by atoms with Crippen LogP contribution in [0.25, 0.3) is 10.8 Å². The van der Waals surface area contributed by atoms with Crippen molar-refractivity contribution in [2.75, 3.05) is 5.75 Å². The summed E-state index contributed by atoms with van der Waals surface area (Å²) in [6.07, 6.45) is 2.56. The molecule has 0 saturated heterocycles. The van der Waals surface area contributed by atoms with Crippen molar-refractivity contribution in [1.82, 2.24) is 14.8 Å². The highest BCUT2D eigenvalue weighted by atomic mass is 127. The fraction of sp³-hybridized carbons (Fsp3) is 0.278. The minimum Gasteiger partial charge on any atom is -0.481 e. The first-order valence-electron chi connectivity index (χ1n) is 8.07. The molecule has 25 heavy (non-hydrogen) atoms. The van der Waals surface area contributed by atoms with E-state index in [1.807, 2.05) is 4.57 Å². The van der Waals surface area contributed by atoms with E-state index in [9.17, 15) is 4.79 Å². The summed E-state index contributed by atoms with van der Waals surface area (Å²) in [7, 11) is 0. The number of aliphatic carboxylic acids is 1. The number of thioether (sulfide) groups is 1. The average Bonchev–Trinajstić information content (AvgIpc) is 3.39. The molecule has 1 aromatic heterocycles. The number of hydrogen-bond donors (Lipinski definition) is 1. The lowest BCUT2D eigenvalue weighted by Gasteiger charge is -2.13. The van der Waals surface area contributed by atoms with Crippen LogP contribution in [0.2, 0.25) is 0 Å². The minimum absolute atomic E-state index is 0.0177. The normalized spacial score (nSPS) is 14.1. The zero-order chi connectivity index (χ0) is 17.4. The second-order valence-corrected chi connectivity index (χ2v) is 8.06. The molecule has 1 aliphatic rings. The number of carboxylic acids is 1. The Kier molecular flexibility index (Phi) is 4.68. The van der Waals surface area contributed by atoms with Gasteiger partial charge in [-0.1, -0.05) is 48.2 Å². The van der Waals surface area contributed by atoms with Gasteiger partial charge in [0, 0.05) is 22.6 Å². The minimum atomic E-state index is -0.853. The molecule has 1 N–H and O–H groups in total. The van der Waals surface area contributed by atoms with Gasteiger partial charge in [0.25, 0.3) is 0 Å². The molecule has 2 aromatic carbocycles. The topological polar surface area (TPSA) is 68.0 Å². The van der Waals surface area contributed by atoms with Gasteiger partial charge in [-0.2, -0.15) is 0 Å². The maximum Gasteiger partial charge on any atom is 0.313 e. The smallest absolute Gasteiger partial charge is 0.313 e. The van der Waals surface area contributed by atoms with E-state index in [0.29, 0.717) is 17.6 Å². The third-order valence-corrected chi connectivity index (χ3v) is 6.14. The molecule has 0 aliphatic heterocycles. The number of fused-ring (bicyclic) bond motifs is 1. The van der Waals surface area contributed by atoms with Gasteiger partial charge < -0.3 is 5.11 Å². The number of benzene rings is 2. The quantitative estimate of drug-likeness (QED) is 0.438. The molecule has 0 spiro atoms. The Bertz CT molecular complexity index is 953. The summed E-state index contributed by atoms with van der Waals surface area (Å²) in [6, 6.07) is 13.0. The molecule has 3 aromatic rings. The molecule has 5 nitrogen and oxygen atoms in total. The number of aromatic nitrogens is 3. The van der Waals surface area contributed by atoms with E-state index in [0.717, 1.165) is 3.83 Å². The van der Waals surface area contributed by atoms with Crippen LogP contribution in [-0.2, 0) is 11.3 Å². The summed E-state index contributed by atoms with van der Waals surface area (Å²) in [5, 5.41) is 20.4. The van der Waals surface area contributed by atoms with Crippen molar-refractivity contribution in [3.05, 3.63) is 51.4 Å². The number of halogens is 1. The van der Waals surface area contributed by atoms with E-state index < -0.39 is 5.97 Å².